The Hall–Kier alpha value is -1.63. The van der Waals surface area contributed by atoms with Crippen LogP contribution >= 0.6 is 0 Å². The summed E-state index contributed by atoms with van der Waals surface area (Å²) in [5, 5.41) is 0. The van der Waals surface area contributed by atoms with E-state index in [9.17, 15) is 0 Å². The van der Waals surface area contributed by atoms with E-state index < -0.39 is 0 Å². The van der Waals surface area contributed by atoms with Gasteiger partial charge in [-0.05, 0) is 37.8 Å². The molecule has 1 aliphatic heterocycles. The number of allylic oxidation sites excluding steroid dienone is 8. The van der Waals surface area contributed by atoms with Gasteiger partial charge in [0.05, 0.1) is 5.71 Å². The highest BCUT2D eigenvalue weighted by Crippen LogP contribution is 2.26. The van der Waals surface area contributed by atoms with Crippen molar-refractivity contribution in [2.24, 2.45) is 4.99 Å². The van der Waals surface area contributed by atoms with E-state index in [-0.39, 0.29) is 0 Å². The molecule has 0 saturated heterocycles. The molecule has 0 aromatic heterocycles. The van der Waals surface area contributed by atoms with Gasteiger partial charge in [0.2, 0.25) is 0 Å². The summed E-state index contributed by atoms with van der Waals surface area (Å²) in [6.45, 7) is 11.9. The van der Waals surface area contributed by atoms with Crippen LogP contribution in [0.25, 0.3) is 0 Å². The second-order valence-electron chi connectivity index (χ2n) is 4.16. The molecular formula is C16H21N. The predicted octanol–water partition coefficient (Wildman–Crippen LogP) is 4.76. The maximum atomic E-state index is 4.59. The van der Waals surface area contributed by atoms with E-state index in [0.29, 0.717) is 0 Å². The third-order valence-corrected chi connectivity index (χ3v) is 2.82. The first-order valence-electron chi connectivity index (χ1n) is 6.04. The predicted molar refractivity (Wildman–Crippen MR) is 77.3 cm³/mol. The van der Waals surface area contributed by atoms with Gasteiger partial charge in [-0.1, -0.05) is 37.0 Å². The summed E-state index contributed by atoms with van der Waals surface area (Å²) in [6.07, 6.45) is 13.0. The number of nitrogens with zero attached hydrogens (tertiary/aromatic N) is 1. The van der Waals surface area contributed by atoms with E-state index in [1.165, 1.54) is 5.57 Å². The highest BCUT2D eigenvalue weighted by atomic mass is 14.8. The Labute approximate surface area is 105 Å². The highest BCUT2D eigenvalue weighted by Gasteiger charge is 2.15. The summed E-state index contributed by atoms with van der Waals surface area (Å²) in [7, 11) is 0. The quantitative estimate of drug-likeness (QED) is 0.458. The van der Waals surface area contributed by atoms with Crippen LogP contribution < -0.4 is 0 Å². The summed E-state index contributed by atoms with van der Waals surface area (Å²) in [5.74, 6) is 0. The van der Waals surface area contributed by atoms with E-state index in [4.69, 9.17) is 0 Å². The van der Waals surface area contributed by atoms with Crippen molar-refractivity contribution in [3.63, 3.8) is 0 Å². The summed E-state index contributed by atoms with van der Waals surface area (Å²) in [6, 6.07) is 0. The van der Waals surface area contributed by atoms with Gasteiger partial charge in [-0.25, -0.2) is 0 Å². The molecule has 1 rings (SSSR count). The summed E-state index contributed by atoms with van der Waals surface area (Å²) in [4.78, 5) is 4.59. The largest absolute Gasteiger partial charge is 0.257 e. The van der Waals surface area contributed by atoms with Crippen molar-refractivity contribution in [1.82, 2.24) is 0 Å². The summed E-state index contributed by atoms with van der Waals surface area (Å²) in [5.41, 5.74) is 4.68. The zero-order valence-electron chi connectivity index (χ0n) is 10.9. The molecule has 0 aliphatic carbocycles. The Morgan fingerprint density at radius 3 is 2.82 bits per heavy atom. The lowest BCUT2D eigenvalue weighted by Gasteiger charge is -2.01. The Morgan fingerprint density at radius 1 is 1.41 bits per heavy atom. The van der Waals surface area contributed by atoms with Gasteiger partial charge in [0, 0.05) is 12.1 Å². The van der Waals surface area contributed by atoms with Crippen LogP contribution in [-0.2, 0) is 0 Å². The maximum absolute atomic E-state index is 4.59. The lowest BCUT2D eigenvalue weighted by atomic mass is 10.0. The van der Waals surface area contributed by atoms with Crippen LogP contribution in [0, 0.1) is 0 Å². The molecule has 0 aromatic rings. The normalized spacial score (nSPS) is 16.0. The standard InChI is InChI=1S/C16H21N/c1-5-7-9-10-13(3)16-12-15(11-8-6-2)14(4)17-16/h5-7,9-10H,2-3,8,11-12H2,1,4H3/b7-5-,10-9-. The first-order chi connectivity index (χ1) is 8.19. The Kier molecular flexibility index (Phi) is 5.41. The minimum atomic E-state index is 0.943. The molecule has 0 amide bonds. The van der Waals surface area contributed by atoms with Crippen molar-refractivity contribution in [2.45, 2.75) is 33.1 Å². The van der Waals surface area contributed by atoms with Gasteiger partial charge in [-0.15, -0.1) is 6.58 Å². The number of hydrogen-bond donors (Lipinski definition) is 0. The van der Waals surface area contributed by atoms with E-state index in [1.807, 2.05) is 37.3 Å². The molecule has 90 valence electrons. The third kappa shape index (κ3) is 4.03. The van der Waals surface area contributed by atoms with Gasteiger partial charge < -0.3 is 0 Å². The molecule has 1 heteroatoms. The smallest absolute Gasteiger partial charge is 0.0514 e. The maximum Gasteiger partial charge on any atom is 0.0514 e. The van der Waals surface area contributed by atoms with Gasteiger partial charge >= 0.3 is 0 Å². The van der Waals surface area contributed by atoms with Crippen LogP contribution in [0.3, 0.4) is 0 Å². The van der Waals surface area contributed by atoms with Crippen molar-refractivity contribution in [3.05, 3.63) is 60.4 Å². The van der Waals surface area contributed by atoms with E-state index in [0.717, 1.165) is 36.2 Å². The fourth-order valence-corrected chi connectivity index (χ4v) is 1.76. The van der Waals surface area contributed by atoms with Crippen molar-refractivity contribution < 1.29 is 0 Å². The van der Waals surface area contributed by atoms with E-state index in [2.05, 4.69) is 25.1 Å². The molecule has 0 radical (unpaired) electrons. The van der Waals surface area contributed by atoms with Gasteiger partial charge in [0.25, 0.3) is 0 Å². The van der Waals surface area contributed by atoms with E-state index in [1.54, 1.807) is 0 Å². The van der Waals surface area contributed by atoms with E-state index >= 15 is 0 Å². The molecular weight excluding hydrogens is 206 g/mol. The molecule has 1 nitrogen and oxygen atoms in total. The minimum Gasteiger partial charge on any atom is -0.257 e. The monoisotopic (exact) mass is 227 g/mol. The van der Waals surface area contributed by atoms with Crippen LogP contribution in [0.15, 0.2) is 65.4 Å². The number of aliphatic imine (C=N–C) groups is 1. The molecule has 0 bridgehead atoms. The second-order valence-corrected chi connectivity index (χ2v) is 4.16. The van der Waals surface area contributed by atoms with Gasteiger partial charge in [0.15, 0.2) is 0 Å². The van der Waals surface area contributed by atoms with Gasteiger partial charge in [-0.3, -0.25) is 4.99 Å². The Morgan fingerprint density at radius 2 is 2.18 bits per heavy atom. The first kappa shape index (κ1) is 13.4. The molecule has 0 atom stereocenters. The van der Waals surface area contributed by atoms with Crippen molar-refractivity contribution >= 4 is 5.71 Å². The Balaban J connectivity index is 2.59. The molecule has 0 saturated carbocycles. The van der Waals surface area contributed by atoms with Crippen LogP contribution in [0.1, 0.15) is 33.1 Å². The summed E-state index contributed by atoms with van der Waals surface area (Å²) >= 11 is 0. The molecule has 0 aromatic carbocycles. The minimum absolute atomic E-state index is 0.943. The zero-order chi connectivity index (χ0) is 12.7. The van der Waals surface area contributed by atoms with Crippen LogP contribution in [0.2, 0.25) is 0 Å². The van der Waals surface area contributed by atoms with Gasteiger partial charge in [0.1, 0.15) is 0 Å². The van der Waals surface area contributed by atoms with Crippen LogP contribution in [0.5, 0.6) is 0 Å². The molecule has 17 heavy (non-hydrogen) atoms. The van der Waals surface area contributed by atoms with Crippen LogP contribution in [0.4, 0.5) is 0 Å². The molecule has 0 N–H and O–H groups in total. The lowest BCUT2D eigenvalue weighted by Crippen LogP contribution is -1.97. The average Bonchev–Trinajstić information content (AvgIpc) is 2.68. The van der Waals surface area contributed by atoms with Crippen LogP contribution in [-0.4, -0.2) is 5.71 Å². The van der Waals surface area contributed by atoms with Crippen molar-refractivity contribution in [2.75, 3.05) is 0 Å². The topological polar surface area (TPSA) is 12.4 Å². The molecule has 0 unspecified atom stereocenters. The number of hydrogen-bond acceptors (Lipinski definition) is 1. The molecule has 1 heterocycles. The molecule has 1 aliphatic rings. The fraction of sp³-hybridized carbons (Fsp3) is 0.312. The van der Waals surface area contributed by atoms with Crippen molar-refractivity contribution in [3.8, 4) is 0 Å². The molecule has 0 fully saturated rings. The Bertz CT molecular complexity index is 417. The molecule has 0 spiro atoms. The highest BCUT2D eigenvalue weighted by molar-refractivity contribution is 6.05. The lowest BCUT2D eigenvalue weighted by molar-refractivity contribution is 0.945. The van der Waals surface area contributed by atoms with Gasteiger partial charge in [-0.2, -0.15) is 0 Å². The number of rotatable bonds is 6. The first-order valence-corrected chi connectivity index (χ1v) is 6.04. The third-order valence-electron chi connectivity index (χ3n) is 2.82. The summed E-state index contributed by atoms with van der Waals surface area (Å²) < 4.78 is 0. The van der Waals surface area contributed by atoms with Crippen molar-refractivity contribution in [1.29, 1.82) is 0 Å². The average molecular weight is 227 g/mol. The zero-order valence-corrected chi connectivity index (χ0v) is 10.9. The fourth-order valence-electron chi connectivity index (χ4n) is 1.76. The SMILES string of the molecule is C=CCCC1=C(C)N=C(C(=C)/C=C\C=C/C)C1. The second kappa shape index (κ2) is 6.85.